The van der Waals surface area contributed by atoms with Crippen LogP contribution in [-0.4, -0.2) is 57.1 Å². The maximum absolute atomic E-state index is 13.4. The van der Waals surface area contributed by atoms with Crippen molar-refractivity contribution in [3.8, 4) is 0 Å². The van der Waals surface area contributed by atoms with Gasteiger partial charge in [-0.3, -0.25) is 13.9 Å². The summed E-state index contributed by atoms with van der Waals surface area (Å²) in [5.74, 6) is -0.676. The van der Waals surface area contributed by atoms with E-state index in [4.69, 9.17) is 0 Å². The molecule has 2 amide bonds. The lowest BCUT2D eigenvalue weighted by molar-refractivity contribution is -0.138. The quantitative estimate of drug-likeness (QED) is 0.543. The fourth-order valence-electron chi connectivity index (χ4n) is 3.67. The molecule has 0 fully saturated rings. The van der Waals surface area contributed by atoms with E-state index < -0.39 is 22.0 Å². The Labute approximate surface area is 197 Å². The largest absolute Gasteiger partial charge is 0.354 e. The van der Waals surface area contributed by atoms with Gasteiger partial charge in [-0.15, -0.1) is 0 Å². The smallest absolute Gasteiger partial charge is 0.244 e. The molecule has 0 spiro atoms. The van der Waals surface area contributed by atoms with Crippen LogP contribution in [0, 0.1) is 13.8 Å². The van der Waals surface area contributed by atoms with E-state index in [1.807, 2.05) is 57.2 Å². The topological polar surface area (TPSA) is 86.8 Å². The number of nitrogens with zero attached hydrogens (tertiary/aromatic N) is 2. The van der Waals surface area contributed by atoms with Gasteiger partial charge in [-0.05, 0) is 62.4 Å². The van der Waals surface area contributed by atoms with E-state index in [0.717, 1.165) is 33.7 Å². The van der Waals surface area contributed by atoms with Gasteiger partial charge in [0, 0.05) is 13.1 Å². The number of anilines is 1. The van der Waals surface area contributed by atoms with Crippen LogP contribution < -0.4 is 9.62 Å². The first-order valence-electron chi connectivity index (χ1n) is 11.2. The Morgan fingerprint density at radius 3 is 2.18 bits per heavy atom. The van der Waals surface area contributed by atoms with E-state index >= 15 is 0 Å². The average molecular weight is 474 g/mol. The van der Waals surface area contributed by atoms with Crippen LogP contribution in [0.3, 0.4) is 0 Å². The van der Waals surface area contributed by atoms with Gasteiger partial charge in [-0.2, -0.15) is 0 Å². The fraction of sp³-hybridized carbons (Fsp3) is 0.440. The van der Waals surface area contributed by atoms with Gasteiger partial charge in [-0.1, -0.05) is 43.3 Å². The summed E-state index contributed by atoms with van der Waals surface area (Å²) in [5, 5.41) is 2.83. The van der Waals surface area contributed by atoms with Gasteiger partial charge in [0.1, 0.15) is 12.6 Å². The standard InChI is InChI=1S/C25H35N3O4S/c1-6-13-26-25(30)21(4)27(14-12-22-10-8-7-9-11-22)24(29)18-28(33(5,31)32)23-16-19(2)15-20(3)17-23/h7-11,15-17,21H,6,12-14,18H2,1-5H3,(H,26,30)/t21-/m1/s1. The van der Waals surface area contributed by atoms with Crippen molar-refractivity contribution in [2.45, 2.75) is 46.6 Å². The van der Waals surface area contributed by atoms with Gasteiger partial charge in [0.25, 0.3) is 0 Å². The zero-order valence-corrected chi connectivity index (χ0v) is 21.0. The molecule has 33 heavy (non-hydrogen) atoms. The molecule has 2 rings (SSSR count). The second-order valence-electron chi connectivity index (χ2n) is 8.41. The number of aryl methyl sites for hydroxylation is 2. The van der Waals surface area contributed by atoms with E-state index in [-0.39, 0.29) is 12.5 Å². The van der Waals surface area contributed by atoms with Crippen molar-refractivity contribution in [3.05, 3.63) is 65.2 Å². The summed E-state index contributed by atoms with van der Waals surface area (Å²) in [6, 6.07) is 14.4. The Bertz CT molecular complexity index is 1030. The van der Waals surface area contributed by atoms with Gasteiger partial charge in [0.15, 0.2) is 0 Å². The molecule has 0 aliphatic heterocycles. The van der Waals surface area contributed by atoms with Crippen molar-refractivity contribution in [1.82, 2.24) is 10.2 Å². The fourth-order valence-corrected chi connectivity index (χ4v) is 4.51. The number of hydrogen-bond donors (Lipinski definition) is 1. The number of rotatable bonds is 11. The van der Waals surface area contributed by atoms with Gasteiger partial charge >= 0.3 is 0 Å². The van der Waals surface area contributed by atoms with Crippen molar-refractivity contribution in [2.75, 3.05) is 30.2 Å². The van der Waals surface area contributed by atoms with Crippen LogP contribution in [0.4, 0.5) is 5.69 Å². The summed E-state index contributed by atoms with van der Waals surface area (Å²) in [4.78, 5) is 27.6. The molecule has 180 valence electrons. The minimum absolute atomic E-state index is 0.254. The number of amides is 2. The number of benzene rings is 2. The maximum Gasteiger partial charge on any atom is 0.244 e. The van der Waals surface area contributed by atoms with E-state index in [2.05, 4.69) is 5.32 Å². The Hall–Kier alpha value is -2.87. The summed E-state index contributed by atoms with van der Waals surface area (Å²) < 4.78 is 26.3. The summed E-state index contributed by atoms with van der Waals surface area (Å²) >= 11 is 0. The van der Waals surface area contributed by atoms with Gasteiger partial charge in [0.05, 0.1) is 11.9 Å². The van der Waals surface area contributed by atoms with Crippen molar-refractivity contribution in [2.24, 2.45) is 0 Å². The first-order chi connectivity index (χ1) is 15.5. The van der Waals surface area contributed by atoms with Crippen LogP contribution in [0.2, 0.25) is 0 Å². The number of carbonyl (C=O) groups is 2. The second kappa shape index (κ2) is 11.8. The summed E-state index contributed by atoms with van der Waals surface area (Å²) in [6.07, 6.45) is 2.43. The van der Waals surface area contributed by atoms with E-state index in [9.17, 15) is 18.0 Å². The SMILES string of the molecule is CCCNC(=O)[C@@H](C)N(CCc1ccccc1)C(=O)CN(c1cc(C)cc(C)c1)S(C)(=O)=O. The molecule has 0 saturated heterocycles. The van der Waals surface area contributed by atoms with E-state index in [1.54, 1.807) is 19.1 Å². The van der Waals surface area contributed by atoms with Crippen molar-refractivity contribution >= 4 is 27.5 Å². The van der Waals surface area contributed by atoms with Gasteiger partial charge in [-0.25, -0.2) is 8.42 Å². The molecule has 0 heterocycles. The van der Waals surface area contributed by atoms with Crippen molar-refractivity contribution in [3.63, 3.8) is 0 Å². The third-order valence-corrected chi connectivity index (χ3v) is 6.51. The molecule has 2 aromatic carbocycles. The number of hydrogen-bond acceptors (Lipinski definition) is 4. The molecule has 8 heteroatoms. The van der Waals surface area contributed by atoms with Crippen LogP contribution >= 0.6 is 0 Å². The van der Waals surface area contributed by atoms with Gasteiger partial charge < -0.3 is 10.2 Å². The summed E-state index contributed by atoms with van der Waals surface area (Å²) in [6.45, 7) is 7.83. The molecule has 1 N–H and O–H groups in total. The Morgan fingerprint density at radius 2 is 1.64 bits per heavy atom. The molecular weight excluding hydrogens is 438 g/mol. The van der Waals surface area contributed by atoms with Crippen LogP contribution in [0.1, 0.15) is 37.0 Å². The van der Waals surface area contributed by atoms with Crippen LogP contribution in [0.5, 0.6) is 0 Å². The lowest BCUT2D eigenvalue weighted by Gasteiger charge is -2.31. The molecule has 0 aliphatic rings. The molecule has 0 aromatic heterocycles. The van der Waals surface area contributed by atoms with Gasteiger partial charge in [0.2, 0.25) is 21.8 Å². The normalized spacial score (nSPS) is 12.2. The number of nitrogens with one attached hydrogen (secondary N) is 1. The number of carbonyl (C=O) groups excluding carboxylic acids is 2. The highest BCUT2D eigenvalue weighted by Gasteiger charge is 2.29. The zero-order chi connectivity index (χ0) is 24.6. The number of sulfonamides is 1. The molecule has 0 aliphatic carbocycles. The Kier molecular flexibility index (Phi) is 9.46. The molecule has 0 saturated carbocycles. The minimum atomic E-state index is -3.72. The van der Waals surface area contributed by atoms with E-state index in [1.165, 1.54) is 4.90 Å². The lowest BCUT2D eigenvalue weighted by atomic mass is 10.1. The summed E-state index contributed by atoms with van der Waals surface area (Å²) in [7, 11) is -3.72. The molecule has 1 atom stereocenters. The highest BCUT2D eigenvalue weighted by Crippen LogP contribution is 2.22. The molecule has 0 radical (unpaired) electrons. The Morgan fingerprint density at radius 1 is 1.03 bits per heavy atom. The molecule has 2 aromatic rings. The zero-order valence-electron chi connectivity index (χ0n) is 20.2. The third-order valence-electron chi connectivity index (χ3n) is 5.37. The maximum atomic E-state index is 13.4. The monoisotopic (exact) mass is 473 g/mol. The van der Waals surface area contributed by atoms with Crippen molar-refractivity contribution < 1.29 is 18.0 Å². The molecule has 0 bridgehead atoms. The van der Waals surface area contributed by atoms with Crippen LogP contribution in [-0.2, 0) is 26.0 Å². The first kappa shape index (κ1) is 26.4. The molecular formula is C25H35N3O4S. The summed E-state index contributed by atoms with van der Waals surface area (Å²) in [5.41, 5.74) is 3.28. The molecule has 7 nitrogen and oxygen atoms in total. The first-order valence-corrected chi connectivity index (χ1v) is 13.0. The highest BCUT2D eigenvalue weighted by atomic mass is 32.2. The Balaban J connectivity index is 2.32. The average Bonchev–Trinajstić information content (AvgIpc) is 2.75. The predicted octanol–water partition coefficient (Wildman–Crippen LogP) is 3.06. The molecule has 0 unspecified atom stereocenters. The third kappa shape index (κ3) is 7.89. The highest BCUT2D eigenvalue weighted by molar-refractivity contribution is 7.92. The van der Waals surface area contributed by atoms with E-state index in [0.29, 0.717) is 25.2 Å². The van der Waals surface area contributed by atoms with Crippen molar-refractivity contribution in [1.29, 1.82) is 0 Å². The van der Waals surface area contributed by atoms with Crippen LogP contribution in [0.15, 0.2) is 48.5 Å². The lowest BCUT2D eigenvalue weighted by Crippen LogP contribution is -2.52. The van der Waals surface area contributed by atoms with Crippen LogP contribution in [0.25, 0.3) is 0 Å². The minimum Gasteiger partial charge on any atom is -0.354 e. The predicted molar refractivity (Wildman–Crippen MR) is 133 cm³/mol. The second-order valence-corrected chi connectivity index (χ2v) is 10.3.